The first-order valence-corrected chi connectivity index (χ1v) is 9.36. The van der Waals surface area contributed by atoms with Crippen molar-refractivity contribution in [1.29, 1.82) is 0 Å². The summed E-state index contributed by atoms with van der Waals surface area (Å²) in [5, 5.41) is 5.46. The Hall–Kier alpha value is -3.35. The number of nitrogens with zero attached hydrogens (tertiary/aromatic N) is 5. The normalized spacial score (nSPS) is 13.9. The third-order valence-corrected chi connectivity index (χ3v) is 5.10. The lowest BCUT2D eigenvalue weighted by Crippen LogP contribution is -2.05. The van der Waals surface area contributed by atoms with E-state index in [1.54, 1.807) is 35.3 Å². The lowest BCUT2D eigenvalue weighted by Gasteiger charge is -2.05. The molecular weight excluding hydrogens is 355 g/mol. The van der Waals surface area contributed by atoms with Gasteiger partial charge in [0.25, 0.3) is 0 Å². The van der Waals surface area contributed by atoms with Crippen LogP contribution in [-0.4, -0.2) is 24.7 Å². The number of anilines is 1. The lowest BCUT2D eigenvalue weighted by atomic mass is 10.1. The maximum Gasteiger partial charge on any atom is 0.182 e. The molecule has 0 atom stereocenters. The molecule has 1 aliphatic rings. The van der Waals surface area contributed by atoms with Crippen LogP contribution in [0, 0.1) is 11.7 Å². The minimum atomic E-state index is -0.270. The van der Waals surface area contributed by atoms with Gasteiger partial charge < -0.3 is 5.73 Å². The quantitative estimate of drug-likeness (QED) is 0.577. The van der Waals surface area contributed by atoms with Crippen LogP contribution in [-0.2, 0) is 13.0 Å². The van der Waals surface area contributed by atoms with Gasteiger partial charge >= 0.3 is 0 Å². The summed E-state index contributed by atoms with van der Waals surface area (Å²) in [4.78, 5) is 13.4. The molecule has 2 N–H and O–H groups in total. The molecule has 1 aliphatic carbocycles. The van der Waals surface area contributed by atoms with Crippen LogP contribution in [0.15, 0.2) is 48.8 Å². The van der Waals surface area contributed by atoms with Gasteiger partial charge in [0.1, 0.15) is 17.3 Å². The number of nitrogen functional groups attached to an aromatic ring is 1. The fraction of sp³-hybridized carbons (Fsp3) is 0.238. The van der Waals surface area contributed by atoms with Gasteiger partial charge in [-0.25, -0.2) is 24.0 Å². The number of pyridine rings is 1. The van der Waals surface area contributed by atoms with Gasteiger partial charge in [0.2, 0.25) is 0 Å². The van der Waals surface area contributed by atoms with E-state index in [1.807, 2.05) is 12.1 Å². The fourth-order valence-corrected chi connectivity index (χ4v) is 3.40. The third-order valence-electron chi connectivity index (χ3n) is 5.10. The van der Waals surface area contributed by atoms with Crippen LogP contribution in [0.2, 0.25) is 0 Å². The zero-order chi connectivity index (χ0) is 19.1. The number of halogens is 1. The zero-order valence-corrected chi connectivity index (χ0v) is 15.2. The molecule has 0 radical (unpaired) electrons. The van der Waals surface area contributed by atoms with E-state index >= 15 is 0 Å². The second-order valence-electron chi connectivity index (χ2n) is 7.22. The van der Waals surface area contributed by atoms with Crippen molar-refractivity contribution in [2.75, 3.05) is 5.73 Å². The summed E-state index contributed by atoms with van der Waals surface area (Å²) in [5.41, 5.74) is 8.97. The summed E-state index contributed by atoms with van der Waals surface area (Å²) in [7, 11) is 0. The molecule has 0 saturated heterocycles. The summed E-state index contributed by atoms with van der Waals surface area (Å²) >= 11 is 0. The van der Waals surface area contributed by atoms with Gasteiger partial charge in [0, 0.05) is 23.5 Å². The molecule has 3 aromatic heterocycles. The van der Waals surface area contributed by atoms with Crippen molar-refractivity contribution in [2.45, 2.75) is 25.8 Å². The Labute approximate surface area is 161 Å². The van der Waals surface area contributed by atoms with E-state index < -0.39 is 0 Å². The molecule has 4 aromatic rings. The SMILES string of the molecule is Nc1nc(-c2nn(Cc3ccccc3F)c3ncccc23)ncc1CC1CC1. The summed E-state index contributed by atoms with van der Waals surface area (Å²) in [6.07, 6.45) is 6.92. The second-order valence-corrected chi connectivity index (χ2v) is 7.22. The largest absolute Gasteiger partial charge is 0.383 e. The van der Waals surface area contributed by atoms with Gasteiger partial charge in [0.15, 0.2) is 11.5 Å². The van der Waals surface area contributed by atoms with Gasteiger partial charge in [-0.15, -0.1) is 0 Å². The van der Waals surface area contributed by atoms with E-state index in [-0.39, 0.29) is 12.4 Å². The lowest BCUT2D eigenvalue weighted by molar-refractivity contribution is 0.589. The van der Waals surface area contributed by atoms with E-state index in [1.165, 1.54) is 18.9 Å². The van der Waals surface area contributed by atoms with E-state index in [0.29, 0.717) is 34.5 Å². The van der Waals surface area contributed by atoms with Crippen LogP contribution in [0.4, 0.5) is 10.2 Å². The number of rotatable bonds is 5. The highest BCUT2D eigenvalue weighted by molar-refractivity contribution is 5.89. The van der Waals surface area contributed by atoms with Crippen LogP contribution in [0.3, 0.4) is 0 Å². The highest BCUT2D eigenvalue weighted by Crippen LogP contribution is 2.34. The molecular formula is C21H19FN6. The fourth-order valence-electron chi connectivity index (χ4n) is 3.40. The van der Waals surface area contributed by atoms with Gasteiger partial charge in [0.05, 0.1) is 11.9 Å². The first-order valence-electron chi connectivity index (χ1n) is 9.36. The topological polar surface area (TPSA) is 82.5 Å². The maximum atomic E-state index is 14.1. The Morgan fingerprint density at radius 2 is 1.93 bits per heavy atom. The van der Waals surface area contributed by atoms with Gasteiger partial charge in [-0.3, -0.25) is 0 Å². The molecule has 1 aromatic carbocycles. The molecule has 1 saturated carbocycles. The van der Waals surface area contributed by atoms with Crippen molar-refractivity contribution in [3.8, 4) is 11.5 Å². The number of aromatic nitrogens is 5. The van der Waals surface area contributed by atoms with Crippen molar-refractivity contribution in [1.82, 2.24) is 24.7 Å². The zero-order valence-electron chi connectivity index (χ0n) is 15.2. The molecule has 3 heterocycles. The Morgan fingerprint density at radius 3 is 2.71 bits per heavy atom. The molecule has 7 heteroatoms. The van der Waals surface area contributed by atoms with Crippen molar-refractivity contribution in [3.63, 3.8) is 0 Å². The van der Waals surface area contributed by atoms with Crippen LogP contribution in [0.25, 0.3) is 22.6 Å². The van der Waals surface area contributed by atoms with E-state index in [0.717, 1.165) is 17.4 Å². The molecule has 0 amide bonds. The Balaban J connectivity index is 1.56. The van der Waals surface area contributed by atoms with Crippen molar-refractivity contribution < 1.29 is 4.39 Å². The van der Waals surface area contributed by atoms with Crippen LogP contribution < -0.4 is 5.73 Å². The van der Waals surface area contributed by atoms with E-state index in [4.69, 9.17) is 5.73 Å². The van der Waals surface area contributed by atoms with Crippen LogP contribution in [0.1, 0.15) is 24.0 Å². The number of nitrogens with two attached hydrogens (primary N) is 1. The highest BCUT2D eigenvalue weighted by atomic mass is 19.1. The second kappa shape index (κ2) is 6.67. The number of hydrogen-bond acceptors (Lipinski definition) is 5. The number of hydrogen-bond donors (Lipinski definition) is 1. The Bertz CT molecular complexity index is 1160. The molecule has 0 bridgehead atoms. The van der Waals surface area contributed by atoms with Crippen molar-refractivity contribution in [3.05, 3.63) is 65.7 Å². The van der Waals surface area contributed by atoms with E-state index in [2.05, 4.69) is 20.1 Å². The van der Waals surface area contributed by atoms with Crippen molar-refractivity contribution in [2.24, 2.45) is 5.92 Å². The van der Waals surface area contributed by atoms with Gasteiger partial charge in [-0.2, -0.15) is 5.10 Å². The van der Waals surface area contributed by atoms with Crippen LogP contribution >= 0.6 is 0 Å². The molecule has 0 aliphatic heterocycles. The van der Waals surface area contributed by atoms with E-state index in [9.17, 15) is 4.39 Å². The first kappa shape index (κ1) is 16.8. The molecule has 28 heavy (non-hydrogen) atoms. The standard InChI is InChI=1S/C21H19FN6/c22-17-6-2-1-4-14(17)12-28-21-16(5-3-9-24-21)18(27-28)20-25-11-15(19(23)26-20)10-13-7-8-13/h1-6,9,11,13H,7-8,10,12H2,(H2,23,25,26). The number of benzene rings is 1. The summed E-state index contributed by atoms with van der Waals surface area (Å²) in [5.74, 6) is 1.40. The molecule has 140 valence electrons. The first-order chi connectivity index (χ1) is 13.7. The molecule has 0 spiro atoms. The van der Waals surface area contributed by atoms with Gasteiger partial charge in [-0.05, 0) is 43.4 Å². The van der Waals surface area contributed by atoms with Gasteiger partial charge in [-0.1, -0.05) is 18.2 Å². The predicted octanol–water partition coefficient (Wildman–Crippen LogP) is 3.61. The average Bonchev–Trinajstić information content (AvgIpc) is 3.45. The average molecular weight is 374 g/mol. The molecule has 5 rings (SSSR count). The summed E-state index contributed by atoms with van der Waals surface area (Å²) in [6.45, 7) is 0.273. The number of fused-ring (bicyclic) bond motifs is 1. The highest BCUT2D eigenvalue weighted by Gasteiger charge is 2.24. The molecule has 1 fully saturated rings. The molecule has 6 nitrogen and oxygen atoms in total. The summed E-state index contributed by atoms with van der Waals surface area (Å²) in [6, 6.07) is 10.4. The Kier molecular flexibility index (Phi) is 4.00. The predicted molar refractivity (Wildman–Crippen MR) is 105 cm³/mol. The maximum absolute atomic E-state index is 14.1. The van der Waals surface area contributed by atoms with Crippen molar-refractivity contribution >= 4 is 16.9 Å². The minimum absolute atomic E-state index is 0.270. The summed E-state index contributed by atoms with van der Waals surface area (Å²) < 4.78 is 15.8. The Morgan fingerprint density at radius 1 is 1.07 bits per heavy atom. The van der Waals surface area contributed by atoms with Crippen LogP contribution in [0.5, 0.6) is 0 Å². The monoisotopic (exact) mass is 374 g/mol. The molecule has 0 unspecified atom stereocenters. The minimum Gasteiger partial charge on any atom is -0.383 e. The smallest absolute Gasteiger partial charge is 0.182 e. The third kappa shape index (κ3) is 3.09.